The average molecular weight is 360 g/mol. The normalized spacial score (nSPS) is 12.4. The zero-order valence-corrected chi connectivity index (χ0v) is 13.1. The molecule has 0 aromatic heterocycles. The van der Waals surface area contributed by atoms with Gasteiger partial charge in [-0.1, -0.05) is 45.7 Å². The molecule has 0 nitrogen and oxygen atoms in total. The van der Waals surface area contributed by atoms with Gasteiger partial charge in [0.2, 0.25) is 0 Å². The van der Waals surface area contributed by atoms with E-state index in [1.165, 1.54) is 18.2 Å². The van der Waals surface area contributed by atoms with Crippen molar-refractivity contribution < 1.29 is 8.78 Å². The van der Waals surface area contributed by atoms with Crippen LogP contribution in [0.25, 0.3) is 0 Å². The van der Waals surface area contributed by atoms with E-state index in [0.717, 1.165) is 17.3 Å². The minimum absolute atomic E-state index is 0.243. The van der Waals surface area contributed by atoms with Crippen molar-refractivity contribution in [2.45, 2.75) is 12.8 Å². The van der Waals surface area contributed by atoms with Crippen LogP contribution >= 0.6 is 27.5 Å². The molecule has 0 aliphatic rings. The Morgan fingerprint density at radius 2 is 1.70 bits per heavy atom. The monoisotopic (exact) mass is 358 g/mol. The van der Waals surface area contributed by atoms with Crippen molar-refractivity contribution in [1.29, 1.82) is 0 Å². The standard InChI is InChI=1S/C16H14BrClF2/c17-10-12(7-11-1-5-15(19)6-2-11)8-13-3-4-14(18)9-16(13)20/h1-6,9,12H,7-8,10H2. The lowest BCUT2D eigenvalue weighted by molar-refractivity contribution is 0.549. The van der Waals surface area contributed by atoms with Gasteiger partial charge in [0, 0.05) is 10.4 Å². The van der Waals surface area contributed by atoms with Crippen LogP contribution in [0.2, 0.25) is 5.02 Å². The molecule has 2 aromatic carbocycles. The average Bonchev–Trinajstić information content (AvgIpc) is 2.43. The molecule has 0 bridgehead atoms. The van der Waals surface area contributed by atoms with Gasteiger partial charge in [0.1, 0.15) is 11.6 Å². The number of alkyl halides is 1. The second-order valence-electron chi connectivity index (χ2n) is 4.79. The first kappa shape index (κ1) is 15.5. The van der Waals surface area contributed by atoms with Gasteiger partial charge in [-0.15, -0.1) is 0 Å². The SMILES string of the molecule is Fc1ccc(CC(CBr)Cc2ccc(Cl)cc2F)cc1. The molecule has 0 aliphatic carbocycles. The van der Waals surface area contributed by atoms with Crippen LogP contribution in [-0.2, 0) is 12.8 Å². The summed E-state index contributed by atoms with van der Waals surface area (Å²) in [6.45, 7) is 0. The molecule has 2 rings (SSSR count). The fourth-order valence-corrected chi connectivity index (χ4v) is 2.75. The molecule has 106 valence electrons. The maximum atomic E-state index is 13.8. The van der Waals surface area contributed by atoms with Crippen molar-refractivity contribution >= 4 is 27.5 Å². The van der Waals surface area contributed by atoms with Crippen LogP contribution in [0.3, 0.4) is 0 Å². The molecule has 0 radical (unpaired) electrons. The van der Waals surface area contributed by atoms with Crippen LogP contribution in [0.5, 0.6) is 0 Å². The number of benzene rings is 2. The van der Waals surface area contributed by atoms with E-state index in [1.54, 1.807) is 24.3 Å². The third-order valence-electron chi connectivity index (χ3n) is 3.18. The van der Waals surface area contributed by atoms with E-state index in [9.17, 15) is 8.78 Å². The van der Waals surface area contributed by atoms with Gasteiger partial charge in [-0.2, -0.15) is 0 Å². The van der Waals surface area contributed by atoms with Gasteiger partial charge in [0.05, 0.1) is 0 Å². The molecule has 0 heterocycles. The van der Waals surface area contributed by atoms with Crippen molar-refractivity contribution in [3.05, 3.63) is 70.2 Å². The molecule has 0 saturated heterocycles. The van der Waals surface area contributed by atoms with E-state index in [0.29, 0.717) is 17.0 Å². The summed E-state index contributed by atoms with van der Waals surface area (Å²) in [7, 11) is 0. The minimum Gasteiger partial charge on any atom is -0.207 e. The molecule has 2 aromatic rings. The van der Waals surface area contributed by atoms with E-state index >= 15 is 0 Å². The Morgan fingerprint density at radius 1 is 1.00 bits per heavy atom. The van der Waals surface area contributed by atoms with E-state index < -0.39 is 0 Å². The quantitative estimate of drug-likeness (QED) is 0.626. The van der Waals surface area contributed by atoms with Crippen molar-refractivity contribution in [1.82, 2.24) is 0 Å². The molecule has 1 unspecified atom stereocenters. The van der Waals surface area contributed by atoms with Crippen LogP contribution in [0.15, 0.2) is 42.5 Å². The van der Waals surface area contributed by atoms with Crippen molar-refractivity contribution in [3.8, 4) is 0 Å². The molecule has 0 N–H and O–H groups in total. The van der Waals surface area contributed by atoms with Crippen molar-refractivity contribution in [2.24, 2.45) is 5.92 Å². The maximum Gasteiger partial charge on any atom is 0.127 e. The minimum atomic E-state index is -0.275. The summed E-state index contributed by atoms with van der Waals surface area (Å²) in [6.07, 6.45) is 1.39. The van der Waals surface area contributed by atoms with Crippen molar-refractivity contribution in [2.75, 3.05) is 5.33 Å². The Hall–Kier alpha value is -0.930. The van der Waals surface area contributed by atoms with Crippen molar-refractivity contribution in [3.63, 3.8) is 0 Å². The highest BCUT2D eigenvalue weighted by Gasteiger charge is 2.13. The number of hydrogen-bond acceptors (Lipinski definition) is 0. The Bertz CT molecular complexity index is 569. The molecular formula is C16H14BrClF2. The summed E-state index contributed by atoms with van der Waals surface area (Å²) in [5, 5.41) is 1.16. The number of rotatable bonds is 5. The van der Waals surface area contributed by atoms with Gasteiger partial charge in [-0.05, 0) is 54.2 Å². The Kier molecular flexibility index (Phi) is 5.55. The van der Waals surface area contributed by atoms with E-state index in [-0.39, 0.29) is 17.6 Å². The molecule has 0 spiro atoms. The first-order valence-corrected chi connectivity index (χ1v) is 7.82. The zero-order chi connectivity index (χ0) is 14.5. The highest BCUT2D eigenvalue weighted by Crippen LogP contribution is 2.21. The Labute approximate surface area is 130 Å². The largest absolute Gasteiger partial charge is 0.207 e. The van der Waals surface area contributed by atoms with Gasteiger partial charge in [-0.3, -0.25) is 0 Å². The number of halogens is 4. The summed E-state index contributed by atoms with van der Waals surface area (Å²) in [4.78, 5) is 0. The molecule has 4 heteroatoms. The highest BCUT2D eigenvalue weighted by atomic mass is 79.9. The second kappa shape index (κ2) is 7.19. The van der Waals surface area contributed by atoms with E-state index in [4.69, 9.17) is 11.6 Å². The lowest BCUT2D eigenvalue weighted by Crippen LogP contribution is -2.11. The van der Waals surface area contributed by atoms with Gasteiger partial charge >= 0.3 is 0 Å². The molecule has 0 amide bonds. The van der Waals surface area contributed by atoms with Crippen LogP contribution in [0.4, 0.5) is 8.78 Å². The van der Waals surface area contributed by atoms with Gasteiger partial charge in [-0.25, -0.2) is 8.78 Å². The lowest BCUT2D eigenvalue weighted by Gasteiger charge is -2.15. The second-order valence-corrected chi connectivity index (χ2v) is 5.87. The fraction of sp³-hybridized carbons (Fsp3) is 0.250. The third-order valence-corrected chi connectivity index (χ3v) is 4.33. The summed E-state index contributed by atoms with van der Waals surface area (Å²) in [5.41, 5.74) is 1.70. The third kappa shape index (κ3) is 4.29. The van der Waals surface area contributed by atoms with E-state index in [1.807, 2.05) is 0 Å². The maximum absolute atomic E-state index is 13.8. The van der Waals surface area contributed by atoms with Crippen LogP contribution < -0.4 is 0 Å². The molecular weight excluding hydrogens is 346 g/mol. The molecule has 20 heavy (non-hydrogen) atoms. The van der Waals surface area contributed by atoms with Gasteiger partial charge in [0.15, 0.2) is 0 Å². The van der Waals surface area contributed by atoms with Crippen LogP contribution in [0, 0.1) is 17.6 Å². The zero-order valence-electron chi connectivity index (χ0n) is 10.8. The fourth-order valence-electron chi connectivity index (χ4n) is 2.13. The van der Waals surface area contributed by atoms with Crippen LogP contribution in [-0.4, -0.2) is 5.33 Å². The molecule has 0 saturated carbocycles. The first-order valence-electron chi connectivity index (χ1n) is 6.33. The van der Waals surface area contributed by atoms with Gasteiger partial charge in [0.25, 0.3) is 0 Å². The smallest absolute Gasteiger partial charge is 0.127 e. The lowest BCUT2D eigenvalue weighted by atomic mass is 9.94. The predicted molar refractivity (Wildman–Crippen MR) is 82.5 cm³/mol. The van der Waals surface area contributed by atoms with E-state index in [2.05, 4.69) is 15.9 Å². The highest BCUT2D eigenvalue weighted by molar-refractivity contribution is 9.09. The predicted octanol–water partition coefficient (Wildman–Crippen LogP) is 5.41. The molecule has 0 aliphatic heterocycles. The molecule has 0 fully saturated rings. The van der Waals surface area contributed by atoms with Gasteiger partial charge < -0.3 is 0 Å². The number of hydrogen-bond donors (Lipinski definition) is 0. The first-order chi connectivity index (χ1) is 9.58. The topological polar surface area (TPSA) is 0 Å². The summed E-state index contributed by atoms with van der Waals surface area (Å²) < 4.78 is 26.7. The Balaban J connectivity index is 2.07. The summed E-state index contributed by atoms with van der Waals surface area (Å²) in [6, 6.07) is 11.2. The van der Waals surface area contributed by atoms with Crippen LogP contribution in [0.1, 0.15) is 11.1 Å². The summed E-state index contributed by atoms with van der Waals surface area (Å²) >= 11 is 9.21. The molecule has 1 atom stereocenters. The Morgan fingerprint density at radius 3 is 2.30 bits per heavy atom. The summed E-state index contributed by atoms with van der Waals surface area (Å²) in [5.74, 6) is -0.272.